The van der Waals surface area contributed by atoms with Crippen LogP contribution < -0.4 is 5.73 Å². The molecule has 0 amide bonds. The van der Waals surface area contributed by atoms with E-state index in [4.69, 9.17) is 10.2 Å². The van der Waals surface area contributed by atoms with Gasteiger partial charge in [0.25, 0.3) is 0 Å². The first-order chi connectivity index (χ1) is 6.81. The molecule has 74 valence electrons. The van der Waals surface area contributed by atoms with Crippen LogP contribution in [0.4, 0.5) is 5.69 Å². The van der Waals surface area contributed by atoms with E-state index in [2.05, 4.69) is 11.9 Å². The Morgan fingerprint density at radius 2 is 2.29 bits per heavy atom. The Hall–Kier alpha value is -1.51. The van der Waals surface area contributed by atoms with Gasteiger partial charge < -0.3 is 10.2 Å². The van der Waals surface area contributed by atoms with E-state index in [1.807, 2.05) is 12.1 Å². The molecular weight excluding hydrogens is 176 g/mol. The number of anilines is 1. The normalized spacial score (nSPS) is 10.9. The summed E-state index contributed by atoms with van der Waals surface area (Å²) in [6.45, 7) is 2.18. The molecule has 0 fully saturated rings. The molecule has 0 aliphatic carbocycles. The number of benzene rings is 1. The maximum Gasteiger partial charge on any atom is 0.182 e. The molecule has 2 rings (SSSR count). The van der Waals surface area contributed by atoms with E-state index in [9.17, 15) is 0 Å². The SMILES string of the molecule is CCCCc1cc(N)c2ocnc2c1. The smallest absolute Gasteiger partial charge is 0.182 e. The quantitative estimate of drug-likeness (QED) is 0.757. The van der Waals surface area contributed by atoms with Crippen molar-refractivity contribution in [3.63, 3.8) is 0 Å². The Bertz CT molecular complexity index is 434. The summed E-state index contributed by atoms with van der Waals surface area (Å²) in [6.07, 6.45) is 4.87. The van der Waals surface area contributed by atoms with Crippen molar-refractivity contribution in [2.75, 3.05) is 5.73 Å². The van der Waals surface area contributed by atoms with Gasteiger partial charge in [-0.3, -0.25) is 0 Å². The van der Waals surface area contributed by atoms with Gasteiger partial charge in [-0.15, -0.1) is 0 Å². The molecular formula is C11H14N2O. The molecule has 0 radical (unpaired) electrons. The lowest BCUT2D eigenvalue weighted by Gasteiger charge is -2.01. The first-order valence-corrected chi connectivity index (χ1v) is 4.93. The summed E-state index contributed by atoms with van der Waals surface area (Å²) in [5.41, 5.74) is 9.32. The third-order valence-corrected chi connectivity index (χ3v) is 2.34. The van der Waals surface area contributed by atoms with E-state index in [0.29, 0.717) is 11.3 Å². The number of aromatic nitrogens is 1. The second kappa shape index (κ2) is 3.70. The van der Waals surface area contributed by atoms with Gasteiger partial charge in [-0.2, -0.15) is 0 Å². The van der Waals surface area contributed by atoms with Crippen LogP contribution in [0.15, 0.2) is 22.9 Å². The zero-order valence-electron chi connectivity index (χ0n) is 8.29. The molecule has 14 heavy (non-hydrogen) atoms. The van der Waals surface area contributed by atoms with E-state index in [1.165, 1.54) is 24.8 Å². The van der Waals surface area contributed by atoms with Crippen molar-refractivity contribution in [1.82, 2.24) is 4.98 Å². The van der Waals surface area contributed by atoms with E-state index in [-0.39, 0.29) is 0 Å². The summed E-state index contributed by atoms with van der Waals surface area (Å²) >= 11 is 0. The number of rotatable bonds is 3. The molecule has 0 spiro atoms. The largest absolute Gasteiger partial charge is 0.441 e. The van der Waals surface area contributed by atoms with Gasteiger partial charge in [0, 0.05) is 0 Å². The van der Waals surface area contributed by atoms with Gasteiger partial charge in [0.2, 0.25) is 0 Å². The number of oxazole rings is 1. The van der Waals surface area contributed by atoms with Gasteiger partial charge in [0.1, 0.15) is 5.52 Å². The predicted octanol–water partition coefficient (Wildman–Crippen LogP) is 2.75. The van der Waals surface area contributed by atoms with Crippen LogP contribution in [0.3, 0.4) is 0 Å². The maximum absolute atomic E-state index is 5.84. The minimum Gasteiger partial charge on any atom is -0.441 e. The zero-order chi connectivity index (χ0) is 9.97. The number of fused-ring (bicyclic) bond motifs is 1. The fraction of sp³-hybridized carbons (Fsp3) is 0.364. The second-order valence-corrected chi connectivity index (χ2v) is 3.49. The van der Waals surface area contributed by atoms with Crippen molar-refractivity contribution < 1.29 is 4.42 Å². The van der Waals surface area contributed by atoms with Crippen molar-refractivity contribution in [2.24, 2.45) is 0 Å². The molecule has 1 aromatic carbocycles. The number of nitrogens with zero attached hydrogens (tertiary/aromatic N) is 1. The van der Waals surface area contributed by atoms with Gasteiger partial charge in [-0.1, -0.05) is 13.3 Å². The van der Waals surface area contributed by atoms with Crippen LogP contribution in [-0.2, 0) is 6.42 Å². The molecule has 0 aliphatic rings. The maximum atomic E-state index is 5.84. The van der Waals surface area contributed by atoms with E-state index >= 15 is 0 Å². The highest BCUT2D eigenvalue weighted by atomic mass is 16.3. The summed E-state index contributed by atoms with van der Waals surface area (Å²) in [4.78, 5) is 4.10. The van der Waals surface area contributed by atoms with E-state index < -0.39 is 0 Å². The molecule has 0 bridgehead atoms. The molecule has 0 unspecified atom stereocenters. The monoisotopic (exact) mass is 190 g/mol. The van der Waals surface area contributed by atoms with Crippen molar-refractivity contribution in [2.45, 2.75) is 26.2 Å². The average Bonchev–Trinajstić information content (AvgIpc) is 2.63. The van der Waals surface area contributed by atoms with Crippen molar-refractivity contribution >= 4 is 16.8 Å². The minimum atomic E-state index is 0.686. The Kier molecular flexibility index (Phi) is 2.39. The molecule has 3 nitrogen and oxygen atoms in total. The van der Waals surface area contributed by atoms with Gasteiger partial charge >= 0.3 is 0 Å². The number of nitrogen functional groups attached to an aromatic ring is 1. The van der Waals surface area contributed by atoms with Crippen LogP contribution in [0.2, 0.25) is 0 Å². The predicted molar refractivity (Wildman–Crippen MR) is 57.0 cm³/mol. The van der Waals surface area contributed by atoms with Crippen LogP contribution in [0.5, 0.6) is 0 Å². The van der Waals surface area contributed by atoms with Crippen molar-refractivity contribution in [3.05, 3.63) is 24.1 Å². The number of aryl methyl sites for hydroxylation is 1. The Balaban J connectivity index is 2.38. The number of hydrogen-bond acceptors (Lipinski definition) is 3. The van der Waals surface area contributed by atoms with Crippen molar-refractivity contribution in [1.29, 1.82) is 0 Å². The lowest BCUT2D eigenvalue weighted by molar-refractivity contribution is 0.603. The molecule has 2 N–H and O–H groups in total. The third-order valence-electron chi connectivity index (χ3n) is 2.34. The summed E-state index contributed by atoms with van der Waals surface area (Å²) in [7, 11) is 0. The fourth-order valence-corrected chi connectivity index (χ4v) is 1.58. The van der Waals surface area contributed by atoms with E-state index in [1.54, 1.807) is 0 Å². The molecule has 1 heterocycles. The topological polar surface area (TPSA) is 52.0 Å². The van der Waals surface area contributed by atoms with Gasteiger partial charge in [-0.25, -0.2) is 4.98 Å². The highest BCUT2D eigenvalue weighted by Gasteiger charge is 2.04. The first kappa shape index (κ1) is 9.06. The lowest BCUT2D eigenvalue weighted by Crippen LogP contribution is -1.90. The summed E-state index contributed by atoms with van der Waals surface area (Å²) in [5.74, 6) is 0. The fourth-order valence-electron chi connectivity index (χ4n) is 1.58. The molecule has 0 saturated carbocycles. The van der Waals surface area contributed by atoms with E-state index in [0.717, 1.165) is 11.9 Å². The summed E-state index contributed by atoms with van der Waals surface area (Å²) in [5, 5.41) is 0. The molecule has 0 aliphatic heterocycles. The zero-order valence-corrected chi connectivity index (χ0v) is 8.29. The summed E-state index contributed by atoms with van der Waals surface area (Å²) < 4.78 is 5.17. The number of hydrogen-bond donors (Lipinski definition) is 1. The average molecular weight is 190 g/mol. The Labute approximate surface area is 82.9 Å². The van der Waals surface area contributed by atoms with Crippen LogP contribution >= 0.6 is 0 Å². The molecule has 1 aromatic heterocycles. The van der Waals surface area contributed by atoms with Crippen molar-refractivity contribution in [3.8, 4) is 0 Å². The standard InChI is InChI=1S/C11H14N2O/c1-2-3-4-8-5-9(12)11-10(6-8)13-7-14-11/h5-7H,2-4,12H2,1H3. The Morgan fingerprint density at radius 3 is 3.07 bits per heavy atom. The minimum absolute atomic E-state index is 0.686. The second-order valence-electron chi connectivity index (χ2n) is 3.49. The van der Waals surface area contributed by atoms with Crippen LogP contribution in [0.25, 0.3) is 11.1 Å². The lowest BCUT2D eigenvalue weighted by atomic mass is 10.1. The van der Waals surface area contributed by atoms with Gasteiger partial charge in [0.05, 0.1) is 5.69 Å². The third kappa shape index (κ3) is 1.58. The number of unbranched alkanes of at least 4 members (excludes halogenated alkanes) is 1. The highest BCUT2D eigenvalue weighted by molar-refractivity contribution is 5.85. The molecule has 3 heteroatoms. The van der Waals surface area contributed by atoms with Crippen LogP contribution in [-0.4, -0.2) is 4.98 Å². The molecule has 2 aromatic rings. The molecule has 0 saturated heterocycles. The van der Waals surface area contributed by atoms with Gasteiger partial charge in [-0.05, 0) is 30.5 Å². The molecule has 0 atom stereocenters. The van der Waals surface area contributed by atoms with Gasteiger partial charge in [0.15, 0.2) is 12.0 Å². The van der Waals surface area contributed by atoms with Crippen LogP contribution in [0.1, 0.15) is 25.3 Å². The Morgan fingerprint density at radius 1 is 1.43 bits per heavy atom. The highest BCUT2D eigenvalue weighted by Crippen LogP contribution is 2.22. The summed E-state index contributed by atoms with van der Waals surface area (Å²) in [6, 6.07) is 4.02. The first-order valence-electron chi connectivity index (χ1n) is 4.93. The number of nitrogens with two attached hydrogens (primary N) is 1. The van der Waals surface area contributed by atoms with Crippen LogP contribution in [0, 0.1) is 0 Å².